The second-order valence-electron chi connectivity index (χ2n) is 6.94. The van der Waals surface area contributed by atoms with E-state index >= 15 is 0 Å². The van der Waals surface area contributed by atoms with E-state index in [1.54, 1.807) is 56.5 Å². The Morgan fingerprint density at radius 1 is 1.07 bits per heavy atom. The number of anilines is 1. The van der Waals surface area contributed by atoms with Crippen LogP contribution in [0.15, 0.2) is 48.5 Å². The van der Waals surface area contributed by atoms with Crippen molar-refractivity contribution in [1.29, 1.82) is 0 Å². The van der Waals surface area contributed by atoms with Gasteiger partial charge in [-0.2, -0.15) is 0 Å². The van der Waals surface area contributed by atoms with Gasteiger partial charge in [0, 0.05) is 6.54 Å². The average Bonchev–Trinajstić information content (AvgIpc) is 2.66. The molecule has 0 fully saturated rings. The van der Waals surface area contributed by atoms with Crippen molar-refractivity contribution >= 4 is 21.6 Å². The number of amides is 1. The molecule has 0 saturated carbocycles. The molecule has 2 aromatic rings. The monoisotopic (exact) mass is 420 g/mol. The Morgan fingerprint density at radius 3 is 2.28 bits per heavy atom. The van der Waals surface area contributed by atoms with Gasteiger partial charge in [0.05, 0.1) is 25.2 Å². The van der Waals surface area contributed by atoms with Gasteiger partial charge in [-0.15, -0.1) is 0 Å². The summed E-state index contributed by atoms with van der Waals surface area (Å²) in [6.07, 6.45) is 1.09. The van der Waals surface area contributed by atoms with Crippen LogP contribution in [-0.4, -0.2) is 39.8 Å². The van der Waals surface area contributed by atoms with Gasteiger partial charge in [0.1, 0.15) is 6.04 Å². The van der Waals surface area contributed by atoms with Crippen molar-refractivity contribution in [2.45, 2.75) is 39.5 Å². The van der Waals surface area contributed by atoms with Crippen molar-refractivity contribution in [2.24, 2.45) is 0 Å². The van der Waals surface area contributed by atoms with Gasteiger partial charge in [-0.25, -0.2) is 8.42 Å². The molecule has 0 bridgehead atoms. The summed E-state index contributed by atoms with van der Waals surface area (Å²) in [5, 5.41) is 2.79. The molecule has 0 spiro atoms. The van der Waals surface area contributed by atoms with Crippen LogP contribution in [0.2, 0.25) is 0 Å². The smallest absolute Gasteiger partial charge is 0.243 e. The number of hydrogen-bond acceptors (Lipinski definition) is 5. The molecule has 0 unspecified atom stereocenters. The third-order valence-electron chi connectivity index (χ3n) is 4.16. The highest BCUT2D eigenvalue weighted by Crippen LogP contribution is 2.29. The topological polar surface area (TPSA) is 84.9 Å². The first-order valence-corrected chi connectivity index (χ1v) is 11.1. The Labute approximate surface area is 172 Å². The number of nitrogens with one attached hydrogen (secondary N) is 1. The highest BCUT2D eigenvalue weighted by molar-refractivity contribution is 7.92. The van der Waals surface area contributed by atoms with Crippen LogP contribution in [0.25, 0.3) is 0 Å². The molecule has 8 heteroatoms. The van der Waals surface area contributed by atoms with Crippen LogP contribution in [0.5, 0.6) is 11.5 Å². The Kier molecular flexibility index (Phi) is 7.50. The van der Waals surface area contributed by atoms with Crippen LogP contribution in [0.1, 0.15) is 26.3 Å². The van der Waals surface area contributed by atoms with E-state index in [4.69, 9.17) is 9.47 Å². The van der Waals surface area contributed by atoms with Crippen molar-refractivity contribution in [2.75, 3.05) is 17.7 Å². The SMILES string of the molecule is COc1cc(CNC(=O)[C@@H](C)N(c2ccccc2)S(C)(=O)=O)ccc1OC(C)C. The standard InChI is InChI=1S/C21H28N2O5S/c1-15(2)28-19-12-11-17(13-20(19)27-4)14-22-21(24)16(3)23(29(5,25)26)18-9-7-6-8-10-18/h6-13,15-16H,14H2,1-5H3,(H,22,24)/t16-/m1/s1. The Hall–Kier alpha value is -2.74. The van der Waals surface area contributed by atoms with Gasteiger partial charge in [0.15, 0.2) is 11.5 Å². The van der Waals surface area contributed by atoms with Crippen LogP contribution < -0.4 is 19.1 Å². The lowest BCUT2D eigenvalue weighted by Crippen LogP contribution is -2.47. The third kappa shape index (κ3) is 6.12. The minimum atomic E-state index is -3.64. The van der Waals surface area contributed by atoms with Crippen molar-refractivity contribution in [3.63, 3.8) is 0 Å². The first kappa shape index (κ1) is 22.5. The first-order chi connectivity index (χ1) is 13.6. The molecule has 0 aliphatic carbocycles. The summed E-state index contributed by atoms with van der Waals surface area (Å²) in [6.45, 7) is 5.64. The number of carbonyl (C=O) groups is 1. The molecule has 29 heavy (non-hydrogen) atoms. The van der Waals surface area contributed by atoms with Crippen molar-refractivity contribution < 1.29 is 22.7 Å². The Morgan fingerprint density at radius 2 is 1.72 bits per heavy atom. The fourth-order valence-electron chi connectivity index (χ4n) is 2.89. The van der Waals surface area contributed by atoms with E-state index in [0.717, 1.165) is 16.1 Å². The number of sulfonamides is 1. The van der Waals surface area contributed by atoms with Crippen molar-refractivity contribution in [3.05, 3.63) is 54.1 Å². The summed E-state index contributed by atoms with van der Waals surface area (Å²) in [6, 6.07) is 13.1. The molecule has 0 radical (unpaired) electrons. The molecule has 1 atom stereocenters. The highest BCUT2D eigenvalue weighted by atomic mass is 32.2. The van der Waals surface area contributed by atoms with Crippen molar-refractivity contribution in [3.8, 4) is 11.5 Å². The third-order valence-corrected chi connectivity index (χ3v) is 5.40. The number of hydrogen-bond donors (Lipinski definition) is 1. The molecule has 158 valence electrons. The van der Waals surface area contributed by atoms with Gasteiger partial charge in [-0.1, -0.05) is 24.3 Å². The van der Waals surface area contributed by atoms with Gasteiger partial charge in [-0.05, 0) is 50.6 Å². The number of methoxy groups -OCH3 is 1. The van der Waals surface area contributed by atoms with Gasteiger partial charge in [-0.3, -0.25) is 9.10 Å². The molecule has 2 aromatic carbocycles. The molecule has 1 N–H and O–H groups in total. The summed E-state index contributed by atoms with van der Waals surface area (Å²) >= 11 is 0. The number of benzene rings is 2. The van der Waals surface area contributed by atoms with E-state index in [1.165, 1.54) is 0 Å². The highest BCUT2D eigenvalue weighted by Gasteiger charge is 2.28. The van der Waals surface area contributed by atoms with Crippen LogP contribution in [-0.2, 0) is 21.4 Å². The number of ether oxygens (including phenoxy) is 2. The van der Waals surface area contributed by atoms with Gasteiger partial charge in [0.25, 0.3) is 0 Å². The molecule has 0 aliphatic heterocycles. The molecular weight excluding hydrogens is 392 g/mol. The minimum Gasteiger partial charge on any atom is -0.493 e. The van der Waals surface area contributed by atoms with E-state index in [2.05, 4.69) is 5.32 Å². The Bertz CT molecular complexity index is 929. The normalized spacial score (nSPS) is 12.3. The van der Waals surface area contributed by atoms with E-state index in [0.29, 0.717) is 17.2 Å². The van der Waals surface area contributed by atoms with Gasteiger partial charge < -0.3 is 14.8 Å². The Balaban J connectivity index is 2.13. The number of rotatable bonds is 9. The van der Waals surface area contributed by atoms with Crippen LogP contribution >= 0.6 is 0 Å². The van der Waals surface area contributed by atoms with Crippen molar-refractivity contribution in [1.82, 2.24) is 5.32 Å². The maximum absolute atomic E-state index is 12.7. The van der Waals surface area contributed by atoms with Gasteiger partial charge in [0.2, 0.25) is 15.9 Å². The predicted octanol–water partition coefficient (Wildman–Crippen LogP) is 2.95. The second-order valence-corrected chi connectivity index (χ2v) is 8.80. The zero-order valence-electron chi connectivity index (χ0n) is 17.4. The molecule has 0 heterocycles. The first-order valence-electron chi connectivity index (χ1n) is 9.29. The largest absolute Gasteiger partial charge is 0.493 e. The fourth-order valence-corrected chi connectivity index (χ4v) is 4.07. The van der Waals surface area contributed by atoms with Crippen LogP contribution in [0.4, 0.5) is 5.69 Å². The minimum absolute atomic E-state index is 0.00950. The van der Waals surface area contributed by atoms with E-state index < -0.39 is 22.0 Å². The summed E-state index contributed by atoms with van der Waals surface area (Å²) in [7, 11) is -2.08. The summed E-state index contributed by atoms with van der Waals surface area (Å²) in [5.41, 5.74) is 1.25. The summed E-state index contributed by atoms with van der Waals surface area (Å²) in [4.78, 5) is 12.7. The molecule has 2 rings (SSSR count). The molecule has 7 nitrogen and oxygen atoms in total. The molecular formula is C21H28N2O5S. The fraction of sp³-hybridized carbons (Fsp3) is 0.381. The molecule has 1 amide bonds. The molecule has 0 saturated heterocycles. The lowest BCUT2D eigenvalue weighted by Gasteiger charge is -2.28. The quantitative estimate of drug-likeness (QED) is 0.674. The van der Waals surface area contributed by atoms with E-state index in [-0.39, 0.29) is 12.6 Å². The average molecular weight is 421 g/mol. The lowest BCUT2D eigenvalue weighted by atomic mass is 10.2. The summed E-state index contributed by atoms with van der Waals surface area (Å²) < 4.78 is 36.7. The maximum atomic E-state index is 12.7. The van der Waals surface area contributed by atoms with Crippen LogP contribution in [0, 0.1) is 0 Å². The maximum Gasteiger partial charge on any atom is 0.243 e. The van der Waals surface area contributed by atoms with E-state index in [9.17, 15) is 13.2 Å². The summed E-state index contributed by atoms with van der Waals surface area (Å²) in [5.74, 6) is 0.791. The van der Waals surface area contributed by atoms with Gasteiger partial charge >= 0.3 is 0 Å². The number of nitrogens with zero attached hydrogens (tertiary/aromatic N) is 1. The number of carbonyl (C=O) groups excluding carboxylic acids is 1. The zero-order valence-corrected chi connectivity index (χ0v) is 18.2. The van der Waals surface area contributed by atoms with E-state index in [1.807, 2.05) is 19.9 Å². The zero-order chi connectivity index (χ0) is 21.6. The van der Waals surface area contributed by atoms with Crippen LogP contribution in [0.3, 0.4) is 0 Å². The second kappa shape index (κ2) is 9.65. The predicted molar refractivity (Wildman–Crippen MR) is 114 cm³/mol. The number of para-hydroxylation sites is 1. The molecule has 0 aliphatic rings. The molecule has 0 aromatic heterocycles. The lowest BCUT2D eigenvalue weighted by molar-refractivity contribution is -0.122.